The summed E-state index contributed by atoms with van der Waals surface area (Å²) in [5.74, 6) is 0. The third kappa shape index (κ3) is 1.15. The molecule has 0 aromatic carbocycles. The first-order valence-electron chi connectivity index (χ1n) is 3.51. The van der Waals surface area contributed by atoms with Crippen LogP contribution in [-0.2, 0) is 0 Å². The summed E-state index contributed by atoms with van der Waals surface area (Å²) in [7, 11) is 0. The van der Waals surface area contributed by atoms with Gasteiger partial charge in [-0.2, -0.15) is 0 Å². The van der Waals surface area contributed by atoms with Crippen molar-refractivity contribution < 1.29 is 0 Å². The smallest absolute Gasteiger partial charge is 0.150 e. The van der Waals surface area contributed by atoms with Crippen LogP contribution in [0, 0.1) is 6.92 Å². The minimum atomic E-state index is 0.902. The van der Waals surface area contributed by atoms with Crippen LogP contribution in [0.5, 0.6) is 0 Å². The number of hydrogen-bond acceptors (Lipinski definition) is 2. The van der Waals surface area contributed by atoms with E-state index in [0.29, 0.717) is 0 Å². The quantitative estimate of drug-likeness (QED) is 0.704. The van der Waals surface area contributed by atoms with Gasteiger partial charge in [-0.15, -0.1) is 0 Å². The standard InChI is InChI=1S/C8H7BrN2S/c1-5-4-11(12)8-7(5)2-6(9)3-10-8/h2-4,12H,1H3. The zero-order chi connectivity index (χ0) is 8.72. The second kappa shape index (κ2) is 2.78. The first-order valence-corrected chi connectivity index (χ1v) is 4.70. The summed E-state index contributed by atoms with van der Waals surface area (Å²) in [6.07, 6.45) is 3.72. The average molecular weight is 243 g/mol. The van der Waals surface area contributed by atoms with Crippen molar-refractivity contribution in [3.8, 4) is 0 Å². The monoisotopic (exact) mass is 242 g/mol. The van der Waals surface area contributed by atoms with Crippen LogP contribution in [-0.4, -0.2) is 8.96 Å². The fraction of sp³-hybridized carbons (Fsp3) is 0.125. The van der Waals surface area contributed by atoms with Crippen LogP contribution in [0.1, 0.15) is 5.56 Å². The first-order chi connectivity index (χ1) is 5.68. The molecular formula is C8H7BrN2S. The fourth-order valence-corrected chi connectivity index (χ4v) is 1.88. The number of rotatable bonds is 0. The molecule has 0 fully saturated rings. The summed E-state index contributed by atoms with van der Waals surface area (Å²) < 4.78 is 2.73. The van der Waals surface area contributed by atoms with Gasteiger partial charge in [0.2, 0.25) is 0 Å². The number of pyridine rings is 1. The maximum atomic E-state index is 4.24. The van der Waals surface area contributed by atoms with Gasteiger partial charge in [-0.25, -0.2) is 4.98 Å². The van der Waals surface area contributed by atoms with E-state index >= 15 is 0 Å². The molecule has 2 heterocycles. The lowest BCUT2D eigenvalue weighted by atomic mass is 10.2. The van der Waals surface area contributed by atoms with Gasteiger partial charge in [-0.3, -0.25) is 3.97 Å². The maximum absolute atomic E-state index is 4.24. The van der Waals surface area contributed by atoms with Crippen molar-refractivity contribution >= 4 is 39.8 Å². The molecule has 0 saturated carbocycles. The summed E-state index contributed by atoms with van der Waals surface area (Å²) in [5, 5.41) is 1.14. The normalized spacial score (nSPS) is 10.9. The van der Waals surface area contributed by atoms with Crippen molar-refractivity contribution in [1.29, 1.82) is 0 Å². The van der Waals surface area contributed by atoms with Gasteiger partial charge < -0.3 is 0 Å². The lowest BCUT2D eigenvalue weighted by Gasteiger charge is -1.93. The highest BCUT2D eigenvalue weighted by Gasteiger charge is 2.03. The van der Waals surface area contributed by atoms with Crippen molar-refractivity contribution in [1.82, 2.24) is 8.96 Å². The third-order valence-electron chi connectivity index (χ3n) is 1.79. The zero-order valence-corrected chi connectivity index (χ0v) is 8.93. The summed E-state index contributed by atoms with van der Waals surface area (Å²) in [4.78, 5) is 4.24. The maximum Gasteiger partial charge on any atom is 0.150 e. The molecule has 2 aromatic heterocycles. The zero-order valence-electron chi connectivity index (χ0n) is 6.45. The molecule has 0 aliphatic carbocycles. The predicted octanol–water partition coefficient (Wildman–Crippen LogP) is 2.80. The highest BCUT2D eigenvalue weighted by molar-refractivity contribution is 9.10. The number of aromatic nitrogens is 2. The molecule has 0 aliphatic rings. The van der Waals surface area contributed by atoms with Crippen molar-refractivity contribution in [2.24, 2.45) is 0 Å². The Labute approximate surface area is 84.3 Å². The Kier molecular flexibility index (Phi) is 1.88. The van der Waals surface area contributed by atoms with E-state index in [1.165, 1.54) is 5.56 Å². The highest BCUT2D eigenvalue weighted by atomic mass is 79.9. The molecule has 0 saturated heterocycles. The number of fused-ring (bicyclic) bond motifs is 1. The van der Waals surface area contributed by atoms with Gasteiger partial charge in [-0.1, -0.05) is 12.8 Å². The summed E-state index contributed by atoms with van der Waals surface area (Å²) in [6, 6.07) is 2.05. The summed E-state index contributed by atoms with van der Waals surface area (Å²) in [5.41, 5.74) is 2.09. The van der Waals surface area contributed by atoms with Gasteiger partial charge in [0.1, 0.15) is 5.65 Å². The molecule has 2 aromatic rings. The molecule has 0 radical (unpaired) electrons. The third-order valence-corrected chi connectivity index (χ3v) is 2.53. The van der Waals surface area contributed by atoms with Crippen molar-refractivity contribution in [3.05, 3.63) is 28.5 Å². The van der Waals surface area contributed by atoms with Crippen LogP contribution >= 0.6 is 28.7 Å². The Morgan fingerprint density at radius 1 is 1.58 bits per heavy atom. The number of nitrogens with zero attached hydrogens (tertiary/aromatic N) is 2. The van der Waals surface area contributed by atoms with E-state index in [4.69, 9.17) is 0 Å². The first kappa shape index (κ1) is 8.13. The molecule has 0 N–H and O–H groups in total. The van der Waals surface area contributed by atoms with Crippen LogP contribution < -0.4 is 0 Å². The average Bonchev–Trinajstić information content (AvgIpc) is 2.28. The molecule has 0 aliphatic heterocycles. The van der Waals surface area contributed by atoms with Gasteiger partial charge in [0.15, 0.2) is 0 Å². The van der Waals surface area contributed by atoms with Gasteiger partial charge in [-0.05, 0) is 34.5 Å². The largest absolute Gasteiger partial charge is 0.278 e. The van der Waals surface area contributed by atoms with Gasteiger partial charge >= 0.3 is 0 Å². The van der Waals surface area contributed by atoms with Gasteiger partial charge in [0.05, 0.1) is 0 Å². The number of thiol groups is 1. The van der Waals surface area contributed by atoms with Crippen LogP contribution in [0.25, 0.3) is 11.0 Å². The minimum absolute atomic E-state index is 0.902. The number of aryl methyl sites for hydroxylation is 1. The van der Waals surface area contributed by atoms with E-state index in [1.807, 2.05) is 19.2 Å². The van der Waals surface area contributed by atoms with E-state index in [1.54, 1.807) is 10.2 Å². The molecule has 0 spiro atoms. The highest BCUT2D eigenvalue weighted by Crippen LogP contribution is 2.22. The molecule has 4 heteroatoms. The number of hydrogen-bond donors (Lipinski definition) is 1. The predicted molar refractivity (Wildman–Crippen MR) is 56.6 cm³/mol. The van der Waals surface area contributed by atoms with E-state index in [-0.39, 0.29) is 0 Å². The van der Waals surface area contributed by atoms with Crippen molar-refractivity contribution in [3.63, 3.8) is 0 Å². The fourth-order valence-electron chi connectivity index (χ4n) is 1.22. The van der Waals surface area contributed by atoms with Crippen LogP contribution in [0.3, 0.4) is 0 Å². The summed E-state index contributed by atoms with van der Waals surface area (Å²) in [6.45, 7) is 2.04. The second-order valence-electron chi connectivity index (χ2n) is 2.68. The molecule has 2 nitrogen and oxygen atoms in total. The molecular weight excluding hydrogens is 236 g/mol. The molecule has 0 atom stereocenters. The van der Waals surface area contributed by atoms with Crippen LogP contribution in [0.15, 0.2) is 22.9 Å². The Bertz CT molecular complexity index is 436. The Morgan fingerprint density at radius 2 is 2.33 bits per heavy atom. The van der Waals surface area contributed by atoms with Crippen molar-refractivity contribution in [2.75, 3.05) is 0 Å². The molecule has 0 unspecified atom stereocenters. The van der Waals surface area contributed by atoms with Crippen LogP contribution in [0.4, 0.5) is 0 Å². The molecule has 0 amide bonds. The van der Waals surface area contributed by atoms with E-state index in [9.17, 15) is 0 Å². The lowest BCUT2D eigenvalue weighted by Crippen LogP contribution is -1.80. The Balaban J connectivity index is 2.90. The Hall–Kier alpha value is -0.480. The molecule has 62 valence electrons. The summed E-state index contributed by atoms with van der Waals surface area (Å²) >= 11 is 7.62. The lowest BCUT2D eigenvalue weighted by molar-refractivity contribution is 1.26. The minimum Gasteiger partial charge on any atom is -0.278 e. The topological polar surface area (TPSA) is 17.8 Å². The van der Waals surface area contributed by atoms with E-state index in [0.717, 1.165) is 15.5 Å². The van der Waals surface area contributed by atoms with Gasteiger partial charge in [0, 0.05) is 22.3 Å². The van der Waals surface area contributed by atoms with E-state index < -0.39 is 0 Å². The second-order valence-corrected chi connectivity index (χ2v) is 4.03. The Morgan fingerprint density at radius 3 is 3.08 bits per heavy atom. The van der Waals surface area contributed by atoms with Crippen molar-refractivity contribution in [2.45, 2.75) is 6.92 Å². The van der Waals surface area contributed by atoms with Crippen LogP contribution in [0.2, 0.25) is 0 Å². The van der Waals surface area contributed by atoms with Gasteiger partial charge in [0.25, 0.3) is 0 Å². The van der Waals surface area contributed by atoms with E-state index in [2.05, 4.69) is 33.7 Å². The molecule has 12 heavy (non-hydrogen) atoms. The molecule has 2 rings (SSSR count). The number of halogens is 1. The molecule has 0 bridgehead atoms. The SMILES string of the molecule is Cc1cn(S)c2ncc(Br)cc12.